The van der Waals surface area contributed by atoms with Crippen LogP contribution in [-0.2, 0) is 23.3 Å². The van der Waals surface area contributed by atoms with Gasteiger partial charge in [0, 0.05) is 38.6 Å². The van der Waals surface area contributed by atoms with E-state index in [2.05, 4.69) is 16.9 Å². The lowest BCUT2D eigenvalue weighted by Crippen LogP contribution is -2.47. The minimum atomic E-state index is -0.280. The van der Waals surface area contributed by atoms with Gasteiger partial charge in [-0.2, -0.15) is 5.10 Å². The molecule has 2 aromatic rings. The molecule has 1 spiro atoms. The van der Waals surface area contributed by atoms with Crippen LogP contribution in [0, 0.1) is 11.7 Å². The quantitative estimate of drug-likeness (QED) is 0.854. The van der Waals surface area contributed by atoms with Crippen molar-refractivity contribution in [2.24, 2.45) is 5.92 Å². The molecule has 1 unspecified atom stereocenters. The average Bonchev–Trinajstić information content (AvgIpc) is 3.11. The normalized spacial score (nSPS) is 21.2. The van der Waals surface area contributed by atoms with Gasteiger partial charge in [-0.1, -0.05) is 13.0 Å². The third-order valence-electron chi connectivity index (χ3n) is 5.60. The highest BCUT2D eigenvalue weighted by molar-refractivity contribution is 5.35. The highest BCUT2D eigenvalue weighted by Crippen LogP contribution is 2.41. The summed E-state index contributed by atoms with van der Waals surface area (Å²) in [6.45, 7) is 7.02. The molecule has 0 aliphatic carbocycles. The lowest BCUT2D eigenvalue weighted by Gasteiger charge is -2.45. The van der Waals surface area contributed by atoms with E-state index in [1.165, 1.54) is 5.56 Å². The molecule has 3 heterocycles. The average molecular weight is 343 g/mol. The molecule has 1 aromatic carbocycles. The Morgan fingerprint density at radius 1 is 1.28 bits per heavy atom. The molecule has 0 radical (unpaired) electrons. The standard InChI is InChI=1S/C20H26FN3O/c1-16(15-24-9-2-8-22-24)14-23-10-6-20(7-11-23)19-13-18(21)4-3-17(19)5-12-25-20/h2-4,8-9,13,16H,5-7,10-12,14-15H2,1H3. The number of aromatic nitrogens is 2. The monoisotopic (exact) mass is 343 g/mol. The number of nitrogens with zero attached hydrogens (tertiary/aromatic N) is 3. The lowest BCUT2D eigenvalue weighted by atomic mass is 9.79. The van der Waals surface area contributed by atoms with Gasteiger partial charge in [0.15, 0.2) is 0 Å². The van der Waals surface area contributed by atoms with Crippen LogP contribution >= 0.6 is 0 Å². The Balaban J connectivity index is 1.39. The molecule has 0 N–H and O–H groups in total. The summed E-state index contributed by atoms with van der Waals surface area (Å²) in [6, 6.07) is 7.18. The molecule has 0 amide bonds. The van der Waals surface area contributed by atoms with Crippen LogP contribution in [-0.4, -0.2) is 40.9 Å². The Bertz CT molecular complexity index is 708. The summed E-state index contributed by atoms with van der Waals surface area (Å²) in [5.41, 5.74) is 2.06. The number of likely N-dealkylation sites (tertiary alicyclic amines) is 1. The molecule has 0 saturated carbocycles. The fourth-order valence-corrected chi connectivity index (χ4v) is 4.36. The summed E-state index contributed by atoms with van der Waals surface area (Å²) in [6.07, 6.45) is 6.62. The SMILES string of the molecule is CC(CN1CCC2(CC1)OCCc1ccc(F)cc12)Cn1cccn1. The first-order valence-corrected chi connectivity index (χ1v) is 9.27. The van der Waals surface area contributed by atoms with Crippen LogP contribution in [0.3, 0.4) is 0 Å². The van der Waals surface area contributed by atoms with E-state index in [9.17, 15) is 4.39 Å². The Labute approximate surface area is 148 Å². The third kappa shape index (κ3) is 3.48. The van der Waals surface area contributed by atoms with Gasteiger partial charge in [-0.3, -0.25) is 4.68 Å². The highest BCUT2D eigenvalue weighted by atomic mass is 19.1. The van der Waals surface area contributed by atoms with Gasteiger partial charge in [-0.15, -0.1) is 0 Å². The van der Waals surface area contributed by atoms with Crippen LogP contribution in [0.15, 0.2) is 36.7 Å². The van der Waals surface area contributed by atoms with E-state index < -0.39 is 0 Å². The maximum Gasteiger partial charge on any atom is 0.123 e. The summed E-state index contributed by atoms with van der Waals surface area (Å²) < 4.78 is 22.0. The maximum absolute atomic E-state index is 13.8. The van der Waals surface area contributed by atoms with Crippen LogP contribution in [0.4, 0.5) is 4.39 Å². The zero-order chi connectivity index (χ0) is 17.3. The molecule has 4 rings (SSSR count). The number of benzene rings is 1. The topological polar surface area (TPSA) is 30.3 Å². The zero-order valence-electron chi connectivity index (χ0n) is 14.8. The van der Waals surface area contributed by atoms with Crippen molar-refractivity contribution >= 4 is 0 Å². The van der Waals surface area contributed by atoms with Gasteiger partial charge in [0.1, 0.15) is 5.82 Å². The second-order valence-corrected chi connectivity index (χ2v) is 7.53. The van der Waals surface area contributed by atoms with E-state index >= 15 is 0 Å². The molecule has 1 fully saturated rings. The summed E-state index contributed by atoms with van der Waals surface area (Å²) in [7, 11) is 0. The number of hydrogen-bond donors (Lipinski definition) is 0. The summed E-state index contributed by atoms with van der Waals surface area (Å²) in [5, 5.41) is 4.29. The van der Waals surface area contributed by atoms with Crippen molar-refractivity contribution in [3.8, 4) is 0 Å². The Hall–Kier alpha value is -1.72. The van der Waals surface area contributed by atoms with Gasteiger partial charge >= 0.3 is 0 Å². The van der Waals surface area contributed by atoms with Crippen molar-refractivity contribution in [3.63, 3.8) is 0 Å². The largest absolute Gasteiger partial charge is 0.370 e. The predicted molar refractivity (Wildman–Crippen MR) is 94.8 cm³/mol. The van der Waals surface area contributed by atoms with E-state index in [4.69, 9.17) is 4.74 Å². The van der Waals surface area contributed by atoms with Crippen LogP contribution in [0.1, 0.15) is 30.9 Å². The van der Waals surface area contributed by atoms with Crippen LogP contribution < -0.4 is 0 Å². The third-order valence-corrected chi connectivity index (χ3v) is 5.60. The number of ether oxygens (including phenoxy) is 1. The minimum Gasteiger partial charge on any atom is -0.370 e. The van der Waals surface area contributed by atoms with Crippen molar-refractivity contribution in [2.45, 2.75) is 38.3 Å². The van der Waals surface area contributed by atoms with E-state index in [0.29, 0.717) is 5.92 Å². The fourth-order valence-electron chi connectivity index (χ4n) is 4.36. The summed E-state index contributed by atoms with van der Waals surface area (Å²) in [5.74, 6) is 0.393. The number of halogens is 1. The smallest absolute Gasteiger partial charge is 0.123 e. The molecule has 2 aliphatic rings. The van der Waals surface area contributed by atoms with Gasteiger partial charge in [-0.25, -0.2) is 4.39 Å². The molecular formula is C20H26FN3O. The molecule has 1 saturated heterocycles. The molecule has 1 atom stereocenters. The van der Waals surface area contributed by atoms with E-state index in [1.807, 2.05) is 29.2 Å². The molecule has 2 aliphatic heterocycles. The Morgan fingerprint density at radius 2 is 2.12 bits per heavy atom. The van der Waals surface area contributed by atoms with Gasteiger partial charge in [0.25, 0.3) is 0 Å². The second kappa shape index (κ2) is 6.89. The Kier molecular flexibility index (Phi) is 4.61. The van der Waals surface area contributed by atoms with Gasteiger partial charge in [0.05, 0.1) is 12.2 Å². The molecule has 1 aromatic heterocycles. The van der Waals surface area contributed by atoms with Crippen LogP contribution in [0.5, 0.6) is 0 Å². The fraction of sp³-hybridized carbons (Fsp3) is 0.550. The molecule has 5 heteroatoms. The molecule has 25 heavy (non-hydrogen) atoms. The van der Waals surface area contributed by atoms with Gasteiger partial charge in [0.2, 0.25) is 0 Å². The van der Waals surface area contributed by atoms with E-state index in [0.717, 1.165) is 57.6 Å². The van der Waals surface area contributed by atoms with Crippen molar-refractivity contribution in [1.82, 2.24) is 14.7 Å². The van der Waals surface area contributed by atoms with E-state index in [-0.39, 0.29) is 11.4 Å². The first kappa shape index (κ1) is 16.7. The second-order valence-electron chi connectivity index (χ2n) is 7.53. The molecule has 0 bridgehead atoms. The van der Waals surface area contributed by atoms with Crippen LogP contribution in [0.25, 0.3) is 0 Å². The molecular weight excluding hydrogens is 317 g/mol. The van der Waals surface area contributed by atoms with Crippen molar-refractivity contribution in [2.75, 3.05) is 26.2 Å². The number of hydrogen-bond acceptors (Lipinski definition) is 3. The number of rotatable bonds is 4. The number of fused-ring (bicyclic) bond motifs is 2. The Morgan fingerprint density at radius 3 is 2.88 bits per heavy atom. The zero-order valence-corrected chi connectivity index (χ0v) is 14.8. The first-order chi connectivity index (χ1) is 12.1. The van der Waals surface area contributed by atoms with Crippen molar-refractivity contribution < 1.29 is 9.13 Å². The van der Waals surface area contributed by atoms with E-state index in [1.54, 1.807) is 12.1 Å². The summed E-state index contributed by atoms with van der Waals surface area (Å²) >= 11 is 0. The predicted octanol–water partition coefficient (Wildman–Crippen LogP) is 3.22. The number of piperidine rings is 1. The van der Waals surface area contributed by atoms with Gasteiger partial charge < -0.3 is 9.64 Å². The molecule has 4 nitrogen and oxygen atoms in total. The highest BCUT2D eigenvalue weighted by Gasteiger charge is 2.41. The summed E-state index contributed by atoms with van der Waals surface area (Å²) in [4.78, 5) is 2.51. The van der Waals surface area contributed by atoms with Crippen molar-refractivity contribution in [3.05, 3.63) is 53.6 Å². The van der Waals surface area contributed by atoms with Crippen LogP contribution in [0.2, 0.25) is 0 Å². The molecule has 134 valence electrons. The van der Waals surface area contributed by atoms with Gasteiger partial charge in [-0.05, 0) is 54.5 Å². The minimum absolute atomic E-state index is 0.154. The first-order valence-electron chi connectivity index (χ1n) is 9.27. The maximum atomic E-state index is 13.8. The van der Waals surface area contributed by atoms with Crippen molar-refractivity contribution in [1.29, 1.82) is 0 Å². The lowest BCUT2D eigenvalue weighted by molar-refractivity contribution is -0.0993.